The molecule has 26 heavy (non-hydrogen) atoms. The van der Waals surface area contributed by atoms with Gasteiger partial charge in [0.05, 0.1) is 11.1 Å². The van der Waals surface area contributed by atoms with Gasteiger partial charge in [0.15, 0.2) is 0 Å². The van der Waals surface area contributed by atoms with Crippen LogP contribution in [0.2, 0.25) is 0 Å². The van der Waals surface area contributed by atoms with Gasteiger partial charge < -0.3 is 30.6 Å². The van der Waals surface area contributed by atoms with E-state index in [1.165, 1.54) is 56.7 Å². The summed E-state index contributed by atoms with van der Waals surface area (Å²) in [6.07, 6.45) is 5.33. The van der Waals surface area contributed by atoms with E-state index in [0.717, 1.165) is 6.07 Å². The van der Waals surface area contributed by atoms with Crippen LogP contribution in [0.15, 0.2) is 24.3 Å². The molecule has 0 amide bonds. The molecule has 0 aromatic heterocycles. The summed E-state index contributed by atoms with van der Waals surface area (Å²) >= 11 is 0. The third-order valence-electron chi connectivity index (χ3n) is 2.86. The second-order valence-corrected chi connectivity index (χ2v) is 4.88. The van der Waals surface area contributed by atoms with Gasteiger partial charge in [0, 0.05) is 0 Å². The third-order valence-corrected chi connectivity index (χ3v) is 2.86. The van der Waals surface area contributed by atoms with E-state index in [0.29, 0.717) is 0 Å². The summed E-state index contributed by atoms with van der Waals surface area (Å²) < 4.78 is 0. The lowest BCUT2D eigenvalue weighted by molar-refractivity contribution is 0.0696. The van der Waals surface area contributed by atoms with Crippen molar-refractivity contribution in [3.63, 3.8) is 0 Å². The van der Waals surface area contributed by atoms with Crippen LogP contribution < -0.4 is 0 Å². The second-order valence-electron chi connectivity index (χ2n) is 4.88. The van der Waals surface area contributed by atoms with Crippen molar-refractivity contribution in [2.75, 3.05) is 0 Å². The van der Waals surface area contributed by atoms with Crippen LogP contribution in [0.5, 0.6) is 0 Å². The highest BCUT2D eigenvalue weighted by molar-refractivity contribution is 5.93. The number of carboxylic acid groups (broad SMARTS) is 6. The number of carboxylic acids is 2. The van der Waals surface area contributed by atoms with Crippen molar-refractivity contribution < 1.29 is 49.8 Å². The fourth-order valence-corrected chi connectivity index (χ4v) is 1.85. The van der Waals surface area contributed by atoms with E-state index in [1.807, 2.05) is 0 Å². The van der Waals surface area contributed by atoms with Gasteiger partial charge in [-0.1, -0.05) is 44.6 Å². The molecule has 1 aromatic carbocycles. The molecule has 1 aromatic rings. The van der Waals surface area contributed by atoms with Gasteiger partial charge in [0.25, 0.3) is 0 Å². The molecule has 0 aliphatic heterocycles. The summed E-state index contributed by atoms with van der Waals surface area (Å²) in [5, 5.41) is 44.9. The zero-order valence-corrected chi connectivity index (χ0v) is 13.9. The minimum absolute atomic E-state index is 0.0186. The number of carbonyl (C=O) groups is 4. The molecule has 146 valence electrons. The molecular formula is C16H22O10. The van der Waals surface area contributed by atoms with Crippen LogP contribution in [0, 0.1) is 0 Å². The molecule has 1 saturated carbocycles. The number of aromatic carboxylic acids is 2. The molecule has 0 atom stereocenters. The Morgan fingerprint density at radius 2 is 0.808 bits per heavy atom. The van der Waals surface area contributed by atoms with Crippen LogP contribution in [0.1, 0.15) is 59.2 Å². The van der Waals surface area contributed by atoms with Crippen molar-refractivity contribution >= 4 is 24.2 Å². The van der Waals surface area contributed by atoms with Crippen LogP contribution in [-0.4, -0.2) is 54.9 Å². The quantitative estimate of drug-likeness (QED) is 0.443. The Balaban J connectivity index is 0. The largest absolute Gasteiger partial charge is 0.503 e. The van der Waals surface area contributed by atoms with E-state index < -0.39 is 24.2 Å². The van der Waals surface area contributed by atoms with Crippen molar-refractivity contribution in [2.45, 2.75) is 38.5 Å². The zero-order chi connectivity index (χ0) is 20.5. The Morgan fingerprint density at radius 1 is 0.577 bits per heavy atom. The minimum Gasteiger partial charge on any atom is -0.478 e. The lowest BCUT2D eigenvalue weighted by Gasteiger charge is -2.05. The highest BCUT2D eigenvalue weighted by Gasteiger charge is 2.06. The summed E-state index contributed by atoms with van der Waals surface area (Å²) in [4.78, 5) is 37.9. The SMILES string of the molecule is C1CCCCC1.O=C(O)O.O=C(O)O.O=C(O)c1cccc(C(=O)O)c1. The van der Waals surface area contributed by atoms with Crippen molar-refractivity contribution in [2.24, 2.45) is 0 Å². The molecule has 1 fully saturated rings. The first-order valence-electron chi connectivity index (χ1n) is 7.48. The van der Waals surface area contributed by atoms with Gasteiger partial charge in [-0.15, -0.1) is 0 Å². The molecule has 6 N–H and O–H groups in total. The van der Waals surface area contributed by atoms with Crippen molar-refractivity contribution in [3.8, 4) is 0 Å². The van der Waals surface area contributed by atoms with Gasteiger partial charge >= 0.3 is 24.2 Å². The molecule has 0 radical (unpaired) electrons. The van der Waals surface area contributed by atoms with E-state index in [4.69, 9.17) is 40.2 Å². The van der Waals surface area contributed by atoms with E-state index in [1.54, 1.807) is 0 Å². The maximum Gasteiger partial charge on any atom is 0.503 e. The minimum atomic E-state index is -1.83. The van der Waals surface area contributed by atoms with Crippen molar-refractivity contribution in [1.29, 1.82) is 0 Å². The van der Waals surface area contributed by atoms with Gasteiger partial charge in [0.2, 0.25) is 0 Å². The molecule has 10 heteroatoms. The fraction of sp³-hybridized carbons (Fsp3) is 0.375. The third kappa shape index (κ3) is 18.7. The van der Waals surface area contributed by atoms with Gasteiger partial charge in [-0.25, -0.2) is 19.2 Å². The predicted octanol–water partition coefficient (Wildman–Crippen LogP) is 3.87. The van der Waals surface area contributed by atoms with E-state index in [-0.39, 0.29) is 11.1 Å². The summed E-state index contributed by atoms with van der Waals surface area (Å²) in [6.45, 7) is 0. The Kier molecular flexibility index (Phi) is 14.6. The normalized spacial score (nSPS) is 11.7. The standard InChI is InChI=1S/C8H6O4.C6H12.2CH2O3/c9-7(10)5-2-1-3-6(4-5)8(11)12;1-2-4-6-5-3-1;2*2-1(3)4/h1-4H,(H,9,10)(H,11,12);1-6H2;2*(H2,2,3,4). The van der Waals surface area contributed by atoms with Crippen LogP contribution in [0.4, 0.5) is 9.59 Å². The molecule has 0 saturated heterocycles. The average Bonchev–Trinajstić information content (AvgIpc) is 2.56. The van der Waals surface area contributed by atoms with Gasteiger partial charge in [-0.2, -0.15) is 0 Å². The molecule has 0 unspecified atom stereocenters. The summed E-state index contributed by atoms with van der Waals surface area (Å²) in [5.41, 5.74) is -0.0372. The van der Waals surface area contributed by atoms with E-state index in [2.05, 4.69) is 0 Å². The second kappa shape index (κ2) is 15.2. The monoisotopic (exact) mass is 374 g/mol. The first-order valence-corrected chi connectivity index (χ1v) is 7.48. The van der Waals surface area contributed by atoms with Crippen LogP contribution >= 0.6 is 0 Å². The summed E-state index contributed by atoms with van der Waals surface area (Å²) in [7, 11) is 0. The molecule has 10 nitrogen and oxygen atoms in total. The number of hydrogen-bond acceptors (Lipinski definition) is 4. The first-order chi connectivity index (χ1) is 12.1. The average molecular weight is 374 g/mol. The Hall–Kier alpha value is -3.30. The lowest BCUT2D eigenvalue weighted by atomic mass is 10.0. The topological polar surface area (TPSA) is 190 Å². The van der Waals surface area contributed by atoms with E-state index in [9.17, 15) is 9.59 Å². The molecule has 0 spiro atoms. The predicted molar refractivity (Wildman–Crippen MR) is 89.4 cm³/mol. The van der Waals surface area contributed by atoms with Crippen LogP contribution in [0.25, 0.3) is 0 Å². The zero-order valence-electron chi connectivity index (χ0n) is 13.9. The number of benzene rings is 1. The van der Waals surface area contributed by atoms with E-state index >= 15 is 0 Å². The molecule has 1 aliphatic carbocycles. The summed E-state index contributed by atoms with van der Waals surface area (Å²) in [6, 6.07) is 5.20. The molecule has 2 rings (SSSR count). The van der Waals surface area contributed by atoms with Gasteiger partial charge in [-0.05, 0) is 18.2 Å². The van der Waals surface area contributed by atoms with Crippen LogP contribution in [0.3, 0.4) is 0 Å². The maximum atomic E-state index is 10.4. The smallest absolute Gasteiger partial charge is 0.478 e. The fourth-order valence-electron chi connectivity index (χ4n) is 1.85. The Labute approximate surface area is 149 Å². The van der Waals surface area contributed by atoms with Gasteiger partial charge in [0.1, 0.15) is 0 Å². The van der Waals surface area contributed by atoms with Crippen molar-refractivity contribution in [3.05, 3.63) is 35.4 Å². The first kappa shape index (κ1) is 24.9. The Morgan fingerprint density at radius 3 is 1.00 bits per heavy atom. The van der Waals surface area contributed by atoms with Crippen LogP contribution in [-0.2, 0) is 0 Å². The Bertz CT molecular complexity index is 517. The van der Waals surface area contributed by atoms with Gasteiger partial charge in [-0.3, -0.25) is 0 Å². The molecule has 0 bridgehead atoms. The van der Waals surface area contributed by atoms with Crippen molar-refractivity contribution in [1.82, 2.24) is 0 Å². The highest BCUT2D eigenvalue weighted by Crippen LogP contribution is 2.15. The molecule has 1 aliphatic rings. The maximum absolute atomic E-state index is 10.4. The number of rotatable bonds is 2. The summed E-state index contributed by atoms with van der Waals surface area (Å²) in [5.74, 6) is -2.25. The molecule has 0 heterocycles. The molecular weight excluding hydrogens is 352 g/mol. The highest BCUT2D eigenvalue weighted by atomic mass is 16.6. The lowest BCUT2D eigenvalue weighted by Crippen LogP contribution is -2.01. The number of hydrogen-bond donors (Lipinski definition) is 6.